The Morgan fingerprint density at radius 1 is 1.43 bits per heavy atom. The van der Waals surface area contributed by atoms with Crippen molar-refractivity contribution in [2.75, 3.05) is 11.4 Å². The van der Waals surface area contributed by atoms with Crippen LogP contribution in [0.25, 0.3) is 0 Å². The minimum absolute atomic E-state index is 0.391. The van der Waals surface area contributed by atoms with Gasteiger partial charge in [0.15, 0.2) is 0 Å². The number of amides is 1. The first-order chi connectivity index (χ1) is 9.70. The van der Waals surface area contributed by atoms with Gasteiger partial charge < -0.3 is 9.66 Å². The van der Waals surface area contributed by atoms with Gasteiger partial charge in [0.1, 0.15) is 16.1 Å². The van der Waals surface area contributed by atoms with Crippen molar-refractivity contribution in [1.82, 2.24) is 0 Å². The lowest BCUT2D eigenvalue weighted by Crippen LogP contribution is -2.27. The molecule has 0 radical (unpaired) electrons. The molecule has 1 aromatic carbocycles. The Kier molecular flexibility index (Phi) is 4.30. The Morgan fingerprint density at radius 3 is 2.67 bits per heavy atom. The van der Waals surface area contributed by atoms with Crippen molar-refractivity contribution in [1.29, 1.82) is 0 Å². The molecule has 0 fully saturated rings. The number of hydrogen-bond acceptors (Lipinski definition) is 3. The van der Waals surface area contributed by atoms with E-state index in [2.05, 4.69) is 4.40 Å². The summed E-state index contributed by atoms with van der Waals surface area (Å²) in [4.78, 5) is 12.4. The smallest absolute Gasteiger partial charge is 0.411 e. The van der Waals surface area contributed by atoms with Crippen LogP contribution in [0.1, 0.15) is 38.8 Å². The van der Waals surface area contributed by atoms with Crippen molar-refractivity contribution >= 4 is 28.9 Å². The molecule has 0 saturated heterocycles. The number of benzene rings is 1. The van der Waals surface area contributed by atoms with Crippen molar-refractivity contribution in [3.63, 3.8) is 0 Å². The van der Waals surface area contributed by atoms with Gasteiger partial charge in [-0.2, -0.15) is 0 Å². The summed E-state index contributed by atoms with van der Waals surface area (Å²) in [5.41, 5.74) is 3.32. The molecule has 1 N–H and O–H groups in total. The number of nitrogens with zero attached hydrogens (tertiary/aromatic N) is 2. The number of carbonyl (C=O) groups is 1. The molecule has 1 amide bonds. The molecule has 1 aliphatic heterocycles. The topological polar surface area (TPSA) is 76.0 Å². The number of rotatable bonds is 2. The minimum Gasteiger partial charge on any atom is -0.591 e. The molecule has 0 aromatic heterocycles. The van der Waals surface area contributed by atoms with E-state index in [4.69, 9.17) is 5.11 Å². The van der Waals surface area contributed by atoms with Crippen LogP contribution in [-0.4, -0.2) is 32.8 Å². The average molecular weight is 308 g/mol. The molecule has 1 unspecified atom stereocenters. The van der Waals surface area contributed by atoms with E-state index < -0.39 is 22.2 Å². The van der Waals surface area contributed by atoms with E-state index in [1.165, 1.54) is 4.90 Å². The van der Waals surface area contributed by atoms with Crippen molar-refractivity contribution in [2.45, 2.75) is 38.9 Å². The standard InChI is InChI=1S/C15H20N2O3S/c1-10(16-21(20)15(2,3)4)11-5-6-13-12(9-11)7-8-17(13)14(18)19/h5-6,9H,7-8H2,1-4H3,(H,18,19). The fourth-order valence-corrected chi connectivity index (χ4v) is 2.77. The van der Waals surface area contributed by atoms with E-state index in [1.807, 2.05) is 39.8 Å². The molecule has 1 aliphatic rings. The van der Waals surface area contributed by atoms with Gasteiger partial charge in [-0.05, 0) is 51.8 Å². The normalized spacial score (nSPS) is 16.8. The molecule has 114 valence electrons. The van der Waals surface area contributed by atoms with E-state index in [-0.39, 0.29) is 0 Å². The molecular formula is C15H20N2O3S. The molecule has 0 bridgehead atoms. The number of carboxylic acid groups (broad SMARTS) is 1. The van der Waals surface area contributed by atoms with Crippen LogP contribution >= 0.6 is 0 Å². The highest BCUT2D eigenvalue weighted by Crippen LogP contribution is 2.29. The molecule has 1 atom stereocenters. The third-order valence-corrected chi connectivity index (χ3v) is 4.85. The first kappa shape index (κ1) is 15.9. The summed E-state index contributed by atoms with van der Waals surface area (Å²) in [6, 6.07) is 5.57. The van der Waals surface area contributed by atoms with E-state index in [9.17, 15) is 9.35 Å². The highest BCUT2D eigenvalue weighted by molar-refractivity contribution is 7.91. The second-order valence-corrected chi connectivity index (χ2v) is 7.97. The van der Waals surface area contributed by atoms with Gasteiger partial charge >= 0.3 is 6.09 Å². The van der Waals surface area contributed by atoms with Gasteiger partial charge in [-0.15, -0.1) is 0 Å². The van der Waals surface area contributed by atoms with Gasteiger partial charge in [0, 0.05) is 12.1 Å². The van der Waals surface area contributed by atoms with Gasteiger partial charge in [0.2, 0.25) is 0 Å². The second kappa shape index (κ2) is 5.69. The average Bonchev–Trinajstić information content (AvgIpc) is 2.80. The van der Waals surface area contributed by atoms with Crippen LogP contribution in [0, 0.1) is 0 Å². The largest absolute Gasteiger partial charge is 0.591 e. The lowest BCUT2D eigenvalue weighted by molar-refractivity contribution is 0.202. The fourth-order valence-electron chi connectivity index (χ4n) is 2.14. The Hall–Kier alpha value is -1.53. The molecule has 2 rings (SSSR count). The third kappa shape index (κ3) is 3.39. The van der Waals surface area contributed by atoms with Crippen molar-refractivity contribution in [3.8, 4) is 0 Å². The quantitative estimate of drug-likeness (QED) is 0.674. The lowest BCUT2D eigenvalue weighted by Gasteiger charge is -2.19. The van der Waals surface area contributed by atoms with Crippen molar-refractivity contribution in [3.05, 3.63) is 29.3 Å². The fraction of sp³-hybridized carbons (Fsp3) is 0.467. The maximum Gasteiger partial charge on any atom is 0.411 e. The summed E-state index contributed by atoms with van der Waals surface area (Å²) >= 11 is -1.30. The molecular weight excluding hydrogens is 288 g/mol. The first-order valence-electron chi connectivity index (χ1n) is 6.81. The second-order valence-electron chi connectivity index (χ2n) is 6.07. The predicted molar refractivity (Wildman–Crippen MR) is 85.6 cm³/mol. The molecule has 21 heavy (non-hydrogen) atoms. The van der Waals surface area contributed by atoms with E-state index in [0.717, 1.165) is 16.8 Å². The molecule has 5 nitrogen and oxygen atoms in total. The summed E-state index contributed by atoms with van der Waals surface area (Å²) < 4.78 is 15.9. The van der Waals surface area contributed by atoms with Crippen LogP contribution in [0.15, 0.2) is 22.6 Å². The Morgan fingerprint density at radius 2 is 2.10 bits per heavy atom. The maximum absolute atomic E-state index is 12.1. The van der Waals surface area contributed by atoms with Crippen LogP contribution in [0.5, 0.6) is 0 Å². The van der Waals surface area contributed by atoms with Crippen molar-refractivity contribution < 1.29 is 14.5 Å². The van der Waals surface area contributed by atoms with Crippen LogP contribution in [0.2, 0.25) is 0 Å². The number of anilines is 1. The van der Waals surface area contributed by atoms with E-state index in [0.29, 0.717) is 18.7 Å². The highest BCUT2D eigenvalue weighted by Gasteiger charge is 2.28. The number of hydrogen-bond donors (Lipinski definition) is 1. The Balaban J connectivity index is 2.28. The molecule has 0 saturated carbocycles. The summed E-state index contributed by atoms with van der Waals surface area (Å²) in [7, 11) is 0. The Labute approximate surface area is 128 Å². The van der Waals surface area contributed by atoms with Crippen LogP contribution < -0.4 is 4.90 Å². The molecule has 1 heterocycles. The van der Waals surface area contributed by atoms with Gasteiger partial charge in [-0.25, -0.2) is 4.79 Å². The first-order valence-corrected chi connectivity index (χ1v) is 7.92. The van der Waals surface area contributed by atoms with Crippen LogP contribution in [-0.2, 0) is 17.8 Å². The van der Waals surface area contributed by atoms with Gasteiger partial charge in [-0.1, -0.05) is 10.5 Å². The predicted octanol–water partition coefficient (Wildman–Crippen LogP) is 3.00. The summed E-state index contributed by atoms with van der Waals surface area (Å²) in [6.45, 7) is 7.96. The minimum atomic E-state index is -1.30. The van der Waals surface area contributed by atoms with Gasteiger partial charge in [0.25, 0.3) is 0 Å². The third-order valence-electron chi connectivity index (χ3n) is 3.37. The molecule has 1 aromatic rings. The zero-order chi connectivity index (χ0) is 15.8. The molecule has 0 spiro atoms. The summed E-state index contributed by atoms with van der Waals surface area (Å²) in [5, 5.41) is 9.11. The van der Waals surface area contributed by atoms with Crippen LogP contribution in [0.3, 0.4) is 0 Å². The monoisotopic (exact) mass is 308 g/mol. The van der Waals surface area contributed by atoms with Crippen LogP contribution in [0.4, 0.5) is 10.5 Å². The summed E-state index contributed by atoms with van der Waals surface area (Å²) in [6.07, 6.45) is -0.230. The van der Waals surface area contributed by atoms with Gasteiger partial charge in [0.05, 0.1) is 11.4 Å². The Bertz CT molecular complexity index is 593. The zero-order valence-corrected chi connectivity index (χ0v) is 13.5. The zero-order valence-electron chi connectivity index (χ0n) is 12.7. The SMILES string of the molecule is CC(=N[S+]([O-])C(C)(C)C)c1ccc2c(c1)CCN2C(=O)O. The summed E-state index contributed by atoms with van der Waals surface area (Å²) in [5.74, 6) is 0. The number of fused-ring (bicyclic) bond motifs is 1. The van der Waals surface area contributed by atoms with E-state index in [1.54, 1.807) is 6.07 Å². The molecule has 0 aliphatic carbocycles. The maximum atomic E-state index is 12.1. The molecule has 6 heteroatoms. The van der Waals surface area contributed by atoms with Crippen molar-refractivity contribution in [2.24, 2.45) is 4.40 Å². The van der Waals surface area contributed by atoms with Gasteiger partial charge in [-0.3, -0.25) is 4.90 Å². The van der Waals surface area contributed by atoms with E-state index >= 15 is 0 Å². The highest BCUT2D eigenvalue weighted by atomic mass is 32.2. The lowest BCUT2D eigenvalue weighted by atomic mass is 10.1.